The Morgan fingerprint density at radius 1 is 1.15 bits per heavy atom. The quantitative estimate of drug-likeness (QED) is 0.510. The normalized spacial score (nSPS) is 23.7. The largest absolute Gasteiger partial charge is 0.508 e. The summed E-state index contributed by atoms with van der Waals surface area (Å²) >= 11 is 0. The van der Waals surface area contributed by atoms with Crippen LogP contribution < -0.4 is 0 Å². The van der Waals surface area contributed by atoms with E-state index >= 15 is 0 Å². The van der Waals surface area contributed by atoms with Crippen LogP contribution >= 0.6 is 8.58 Å². The second-order valence-electron chi connectivity index (χ2n) is 10.2. The number of oxime groups is 1. The average molecular weight is 481 g/mol. The molecule has 2 N–H and O–H groups in total. The number of phenols is 1. The van der Waals surface area contributed by atoms with Crippen LogP contribution in [0.4, 0.5) is 0 Å². The zero-order valence-corrected chi connectivity index (χ0v) is 20.7. The highest BCUT2D eigenvalue weighted by Gasteiger charge is 2.36. The number of rotatable bonds is 6. The monoisotopic (exact) mass is 480 g/mol. The van der Waals surface area contributed by atoms with Gasteiger partial charge in [0.15, 0.2) is 5.85 Å². The molecular formula is C27H33N2O4P. The van der Waals surface area contributed by atoms with Crippen LogP contribution in [-0.2, 0) is 16.2 Å². The second kappa shape index (κ2) is 9.67. The molecule has 2 unspecified atom stereocenters. The number of carboxylic acid groups (broad SMARTS) is 1. The number of carbonyl (C=O) groups is 1. The van der Waals surface area contributed by atoms with Crippen LogP contribution in [-0.4, -0.2) is 39.6 Å². The van der Waals surface area contributed by atoms with E-state index in [1.807, 2.05) is 13.0 Å². The third kappa shape index (κ3) is 4.85. The number of likely N-dealkylation sites (tertiary alicyclic amines) is 1. The molecule has 34 heavy (non-hydrogen) atoms. The maximum atomic E-state index is 11.5. The van der Waals surface area contributed by atoms with Crippen LogP contribution in [0.2, 0.25) is 0 Å². The van der Waals surface area contributed by atoms with Gasteiger partial charge in [-0.1, -0.05) is 54.4 Å². The van der Waals surface area contributed by atoms with E-state index in [1.54, 1.807) is 0 Å². The number of nitrogens with zero attached hydrogens (tertiary/aromatic N) is 2. The molecule has 2 aromatic carbocycles. The third-order valence-electron chi connectivity index (χ3n) is 7.78. The highest BCUT2D eigenvalue weighted by Crippen LogP contribution is 2.46. The summed E-state index contributed by atoms with van der Waals surface area (Å²) in [4.78, 5) is 19.5. The fourth-order valence-corrected chi connectivity index (χ4v) is 6.45. The fraction of sp³-hybridized carbons (Fsp3) is 0.481. The molecule has 1 aliphatic carbocycles. The molecular weight excluding hydrogens is 447 g/mol. The molecule has 0 bridgehead atoms. The number of carboxylic acids is 1. The Morgan fingerprint density at radius 3 is 2.50 bits per heavy atom. The molecule has 0 aromatic heterocycles. The summed E-state index contributed by atoms with van der Waals surface area (Å²) < 4.78 is 0. The first-order chi connectivity index (χ1) is 16.4. The van der Waals surface area contributed by atoms with Crippen LogP contribution in [0.3, 0.4) is 0 Å². The predicted molar refractivity (Wildman–Crippen MR) is 135 cm³/mol. The van der Waals surface area contributed by atoms with Crippen molar-refractivity contribution in [2.45, 2.75) is 63.8 Å². The van der Waals surface area contributed by atoms with Crippen molar-refractivity contribution >= 4 is 20.0 Å². The van der Waals surface area contributed by atoms with Crippen LogP contribution in [0, 0.1) is 5.41 Å². The summed E-state index contributed by atoms with van der Waals surface area (Å²) in [6, 6.07) is 14.5. The highest BCUT2D eigenvalue weighted by atomic mass is 31.1. The van der Waals surface area contributed by atoms with E-state index in [0.29, 0.717) is 33.1 Å². The number of hydrogen-bond donors (Lipinski definition) is 2. The molecule has 2 fully saturated rings. The van der Waals surface area contributed by atoms with Gasteiger partial charge in [0, 0.05) is 17.7 Å². The first-order valence-corrected chi connectivity index (χ1v) is 13.4. The molecule has 6 nitrogen and oxygen atoms in total. The van der Waals surface area contributed by atoms with Crippen molar-refractivity contribution in [3.05, 3.63) is 64.7 Å². The number of phenolic OH excluding ortho intramolecular Hbond substituents is 1. The minimum absolute atomic E-state index is 0.143. The van der Waals surface area contributed by atoms with E-state index in [1.165, 1.54) is 18.4 Å². The number of aromatic hydroxyl groups is 1. The number of hydrogen-bond acceptors (Lipinski definition) is 5. The summed E-state index contributed by atoms with van der Waals surface area (Å²) in [6.45, 7) is 4.29. The lowest BCUT2D eigenvalue weighted by Crippen LogP contribution is -2.42. The standard InChI is InChI=1S/C27H33N2O4P/c1-27(26(31)32)12-14-29(15-13-27)17-18-6-8-20(9-7-18)24-28-33-25(34-24)21-10-11-22(23(30)16-21)19-4-2-3-5-19/h6-11,16,19,25,30,34H,2-5,12-15,17H2,1H3,(H,31,32). The first-order valence-electron chi connectivity index (χ1n) is 12.3. The van der Waals surface area contributed by atoms with Crippen molar-refractivity contribution in [3.63, 3.8) is 0 Å². The zero-order chi connectivity index (χ0) is 23.7. The molecule has 5 rings (SSSR count). The van der Waals surface area contributed by atoms with Gasteiger partial charge in [-0.15, -0.1) is 0 Å². The van der Waals surface area contributed by atoms with Crippen molar-refractivity contribution in [2.24, 2.45) is 10.6 Å². The molecule has 0 radical (unpaired) electrons. The van der Waals surface area contributed by atoms with Crippen LogP contribution in [0.5, 0.6) is 5.75 Å². The third-order valence-corrected chi connectivity index (χ3v) is 9.13. The van der Waals surface area contributed by atoms with E-state index in [4.69, 9.17) is 4.84 Å². The van der Waals surface area contributed by atoms with Gasteiger partial charge in [-0.3, -0.25) is 9.69 Å². The Morgan fingerprint density at radius 2 is 1.85 bits per heavy atom. The van der Waals surface area contributed by atoms with Crippen LogP contribution in [0.15, 0.2) is 47.6 Å². The Labute approximate surface area is 202 Å². The maximum Gasteiger partial charge on any atom is 0.309 e. The molecule has 2 atom stereocenters. The van der Waals surface area contributed by atoms with Gasteiger partial charge in [0.2, 0.25) is 0 Å². The average Bonchev–Trinajstić information content (AvgIpc) is 3.54. The van der Waals surface area contributed by atoms with Crippen molar-refractivity contribution in [1.82, 2.24) is 4.90 Å². The van der Waals surface area contributed by atoms with Crippen molar-refractivity contribution in [3.8, 4) is 5.75 Å². The van der Waals surface area contributed by atoms with E-state index in [0.717, 1.165) is 54.6 Å². The molecule has 2 aromatic rings. The van der Waals surface area contributed by atoms with E-state index in [-0.39, 0.29) is 5.85 Å². The smallest absolute Gasteiger partial charge is 0.309 e. The zero-order valence-electron chi connectivity index (χ0n) is 19.7. The van der Waals surface area contributed by atoms with Gasteiger partial charge in [0.05, 0.1) is 5.41 Å². The van der Waals surface area contributed by atoms with Gasteiger partial charge < -0.3 is 15.1 Å². The van der Waals surface area contributed by atoms with Crippen molar-refractivity contribution in [1.29, 1.82) is 0 Å². The van der Waals surface area contributed by atoms with Crippen molar-refractivity contribution in [2.75, 3.05) is 13.1 Å². The summed E-state index contributed by atoms with van der Waals surface area (Å²) in [5.41, 5.74) is 4.69. The molecule has 1 saturated heterocycles. The molecule has 0 spiro atoms. The van der Waals surface area contributed by atoms with Crippen LogP contribution in [0.1, 0.15) is 79.5 Å². The Bertz CT molecular complexity index is 1070. The molecule has 0 amide bonds. The number of aliphatic carboxylic acids is 1. The fourth-order valence-electron chi connectivity index (χ4n) is 5.31. The Hall–Kier alpha value is -2.43. The maximum absolute atomic E-state index is 11.5. The SMILES string of the molecule is CC1(C(=O)O)CCN(Cc2ccc(C3=NOC(c4ccc(C5CCCC5)c(O)c4)P3)cc2)CC1. The second-order valence-corrected chi connectivity index (χ2v) is 11.5. The van der Waals surface area contributed by atoms with Crippen LogP contribution in [0.25, 0.3) is 0 Å². The minimum atomic E-state index is -0.685. The van der Waals surface area contributed by atoms with Gasteiger partial charge in [0.1, 0.15) is 11.2 Å². The number of benzene rings is 2. The van der Waals surface area contributed by atoms with E-state index < -0.39 is 11.4 Å². The van der Waals surface area contributed by atoms with E-state index in [9.17, 15) is 15.0 Å². The van der Waals surface area contributed by atoms with Gasteiger partial charge >= 0.3 is 5.97 Å². The molecule has 3 aliphatic rings. The lowest BCUT2D eigenvalue weighted by molar-refractivity contribution is -0.150. The molecule has 180 valence electrons. The summed E-state index contributed by atoms with van der Waals surface area (Å²) in [6.07, 6.45) is 6.20. The lowest BCUT2D eigenvalue weighted by atomic mass is 9.80. The predicted octanol–water partition coefficient (Wildman–Crippen LogP) is 5.81. The van der Waals surface area contributed by atoms with E-state index in [2.05, 4.69) is 46.5 Å². The Balaban J connectivity index is 1.17. The molecule has 2 heterocycles. The summed E-state index contributed by atoms with van der Waals surface area (Å²) in [5.74, 6) is 0.0418. The van der Waals surface area contributed by atoms with Gasteiger partial charge in [-0.25, -0.2) is 0 Å². The highest BCUT2D eigenvalue weighted by molar-refractivity contribution is 7.59. The minimum Gasteiger partial charge on any atom is -0.508 e. The molecule has 2 aliphatic heterocycles. The van der Waals surface area contributed by atoms with Gasteiger partial charge in [-0.2, -0.15) is 0 Å². The summed E-state index contributed by atoms with van der Waals surface area (Å²) in [5, 5.41) is 24.4. The molecule has 1 saturated carbocycles. The van der Waals surface area contributed by atoms with Crippen molar-refractivity contribution < 1.29 is 19.8 Å². The topological polar surface area (TPSA) is 82.4 Å². The first kappa shape index (κ1) is 23.3. The summed E-state index contributed by atoms with van der Waals surface area (Å²) in [7, 11) is 0.390. The number of piperidine rings is 1. The lowest BCUT2D eigenvalue weighted by Gasteiger charge is -2.36. The Kier molecular flexibility index (Phi) is 6.63. The van der Waals surface area contributed by atoms with Gasteiger partial charge in [-0.05, 0) is 77.4 Å². The molecule has 7 heteroatoms. The van der Waals surface area contributed by atoms with Gasteiger partial charge in [0.25, 0.3) is 0 Å².